The smallest absolute Gasteiger partial charge is 0.254 e. The van der Waals surface area contributed by atoms with Crippen LogP contribution in [0.5, 0.6) is 0 Å². The average molecular weight is 563 g/mol. The fourth-order valence-corrected chi connectivity index (χ4v) is 4.82. The summed E-state index contributed by atoms with van der Waals surface area (Å²) >= 11 is 6.50. The lowest BCUT2D eigenvalue weighted by Gasteiger charge is -2.22. The van der Waals surface area contributed by atoms with Crippen molar-refractivity contribution in [3.8, 4) is 28.1 Å². The minimum Gasteiger partial charge on any atom is -0.329 e. The number of hydrogen-bond donors (Lipinski definition) is 1. The van der Waals surface area contributed by atoms with Crippen LogP contribution in [0, 0.1) is 0 Å². The van der Waals surface area contributed by atoms with Gasteiger partial charge >= 0.3 is 0 Å². The predicted octanol–water partition coefficient (Wildman–Crippen LogP) is 7.74. The van der Waals surface area contributed by atoms with Crippen LogP contribution in [0.2, 0.25) is 5.02 Å². The van der Waals surface area contributed by atoms with Gasteiger partial charge < -0.3 is 10.2 Å². The molecule has 0 atom stereocenters. The molecule has 41 heavy (non-hydrogen) atoms. The maximum Gasteiger partial charge on any atom is 0.254 e. The maximum absolute atomic E-state index is 13.5. The molecule has 1 heterocycles. The van der Waals surface area contributed by atoms with Crippen molar-refractivity contribution >= 4 is 29.2 Å². The number of carbonyl (C=O) groups excluding carboxylic acids is 2. The van der Waals surface area contributed by atoms with Crippen molar-refractivity contribution < 1.29 is 9.59 Å². The summed E-state index contributed by atoms with van der Waals surface area (Å²) in [7, 11) is 0. The number of carbonyl (C=O) groups is 2. The van der Waals surface area contributed by atoms with Crippen LogP contribution in [0.3, 0.4) is 0 Å². The van der Waals surface area contributed by atoms with Gasteiger partial charge in [0.05, 0.1) is 16.4 Å². The summed E-state index contributed by atoms with van der Waals surface area (Å²) in [6, 6.07) is 36.4. The van der Waals surface area contributed by atoms with Gasteiger partial charge in [0.15, 0.2) is 0 Å². The van der Waals surface area contributed by atoms with Crippen LogP contribution in [0.25, 0.3) is 28.1 Å². The summed E-state index contributed by atoms with van der Waals surface area (Å²) in [6.07, 6.45) is 1.69. The molecule has 5 rings (SSSR count). The monoisotopic (exact) mass is 562 g/mol. The second-order valence-corrected chi connectivity index (χ2v) is 10.1. The summed E-state index contributed by atoms with van der Waals surface area (Å²) in [4.78, 5) is 28.5. The number of nitrogens with zero attached hydrogens (tertiary/aromatic N) is 3. The van der Waals surface area contributed by atoms with Crippen molar-refractivity contribution in [2.75, 3.05) is 18.4 Å². The van der Waals surface area contributed by atoms with Gasteiger partial charge in [-0.05, 0) is 41.8 Å². The van der Waals surface area contributed by atoms with E-state index in [9.17, 15) is 9.59 Å². The van der Waals surface area contributed by atoms with E-state index in [0.29, 0.717) is 34.3 Å². The third kappa shape index (κ3) is 6.73. The second kappa shape index (κ2) is 13.1. The minimum absolute atomic E-state index is 0.0896. The van der Waals surface area contributed by atoms with E-state index < -0.39 is 0 Å². The first-order valence-corrected chi connectivity index (χ1v) is 14.1. The Balaban J connectivity index is 1.37. The lowest BCUT2D eigenvalue weighted by atomic mass is 10.0. The molecule has 0 radical (unpaired) electrons. The minimum atomic E-state index is -0.317. The van der Waals surface area contributed by atoms with Crippen LogP contribution in [-0.4, -0.2) is 39.6 Å². The van der Waals surface area contributed by atoms with Crippen molar-refractivity contribution in [1.82, 2.24) is 14.7 Å². The predicted molar refractivity (Wildman–Crippen MR) is 165 cm³/mol. The van der Waals surface area contributed by atoms with E-state index in [4.69, 9.17) is 16.7 Å². The number of halogens is 1. The topological polar surface area (TPSA) is 67.2 Å². The largest absolute Gasteiger partial charge is 0.329 e. The summed E-state index contributed by atoms with van der Waals surface area (Å²) in [6.45, 7) is 2.44. The Morgan fingerprint density at radius 1 is 0.805 bits per heavy atom. The lowest BCUT2D eigenvalue weighted by molar-refractivity contribution is -0.117. The third-order valence-corrected chi connectivity index (χ3v) is 7.09. The Morgan fingerprint density at radius 3 is 2.07 bits per heavy atom. The Morgan fingerprint density at radius 2 is 1.41 bits per heavy atom. The van der Waals surface area contributed by atoms with E-state index >= 15 is 0 Å². The molecule has 0 aliphatic carbocycles. The number of para-hydroxylation sites is 1. The summed E-state index contributed by atoms with van der Waals surface area (Å²) in [5.74, 6) is -0.0296. The molecular formula is C34H31ClN4O2. The molecule has 0 fully saturated rings. The molecule has 1 N–H and O–H groups in total. The van der Waals surface area contributed by atoms with Gasteiger partial charge in [-0.3, -0.25) is 9.59 Å². The summed E-state index contributed by atoms with van der Waals surface area (Å²) < 4.78 is 1.63. The number of aromatic nitrogens is 2. The number of nitrogens with one attached hydrogen (secondary N) is 1. The number of hydrogen-bond acceptors (Lipinski definition) is 3. The Labute approximate surface area is 245 Å². The summed E-state index contributed by atoms with van der Waals surface area (Å²) in [5, 5.41) is 8.23. The van der Waals surface area contributed by atoms with E-state index in [1.54, 1.807) is 15.6 Å². The normalized spacial score (nSPS) is 10.8. The molecular weight excluding hydrogens is 532 g/mol. The van der Waals surface area contributed by atoms with E-state index in [1.165, 1.54) is 0 Å². The van der Waals surface area contributed by atoms with E-state index in [0.717, 1.165) is 29.5 Å². The van der Waals surface area contributed by atoms with Gasteiger partial charge in [-0.15, -0.1) is 0 Å². The highest BCUT2D eigenvalue weighted by molar-refractivity contribution is 6.32. The molecule has 0 unspecified atom stereocenters. The molecule has 6 nitrogen and oxygen atoms in total. The number of anilines is 1. The second-order valence-electron chi connectivity index (χ2n) is 9.72. The molecule has 0 aliphatic heterocycles. The molecule has 0 saturated heterocycles. The van der Waals surface area contributed by atoms with Crippen LogP contribution in [-0.2, 0) is 4.79 Å². The number of rotatable bonds is 10. The molecule has 0 saturated carbocycles. The molecule has 7 heteroatoms. The van der Waals surface area contributed by atoms with Gasteiger partial charge in [-0.25, -0.2) is 4.68 Å². The Hall–Kier alpha value is -4.68. The highest BCUT2D eigenvalue weighted by atomic mass is 35.5. The quantitative estimate of drug-likeness (QED) is 0.189. The van der Waals surface area contributed by atoms with Gasteiger partial charge in [-0.2, -0.15) is 5.10 Å². The SMILES string of the molecule is CCCCN(CC(=O)Nc1cc(-c2ccccc2)nn1-c1ccccc1Cl)C(=O)c1ccc(-c2ccccc2)cc1. The van der Waals surface area contributed by atoms with Gasteiger partial charge in [0.1, 0.15) is 12.4 Å². The average Bonchev–Trinajstić information content (AvgIpc) is 3.43. The molecule has 5 aromatic rings. The highest BCUT2D eigenvalue weighted by Crippen LogP contribution is 2.28. The standard InChI is InChI=1S/C34H31ClN4O2/c1-2-3-22-38(34(41)28-20-18-26(19-21-28)25-12-6-4-7-13-25)24-33(40)36-32-23-30(27-14-8-5-9-15-27)37-39(32)31-17-11-10-16-29(31)35/h4-21,23H,2-3,22,24H2,1H3,(H,36,40). The zero-order valence-electron chi connectivity index (χ0n) is 22.8. The fraction of sp³-hybridized carbons (Fsp3) is 0.147. The first kappa shape index (κ1) is 27.9. The van der Waals surface area contributed by atoms with Gasteiger partial charge in [0, 0.05) is 23.7 Å². The zero-order valence-corrected chi connectivity index (χ0v) is 23.6. The molecule has 4 aromatic carbocycles. The molecule has 2 amide bonds. The van der Waals surface area contributed by atoms with Crippen LogP contribution in [0.4, 0.5) is 5.82 Å². The molecule has 0 aliphatic rings. The van der Waals surface area contributed by atoms with Gasteiger partial charge in [-0.1, -0.05) is 110 Å². The van der Waals surface area contributed by atoms with Crippen molar-refractivity contribution in [1.29, 1.82) is 0 Å². The molecule has 0 bridgehead atoms. The summed E-state index contributed by atoms with van der Waals surface area (Å²) in [5.41, 5.74) is 4.90. The van der Waals surface area contributed by atoms with Crippen molar-refractivity contribution in [2.45, 2.75) is 19.8 Å². The highest BCUT2D eigenvalue weighted by Gasteiger charge is 2.21. The molecule has 1 aromatic heterocycles. The van der Waals surface area contributed by atoms with Crippen LogP contribution >= 0.6 is 11.6 Å². The van der Waals surface area contributed by atoms with E-state index in [1.807, 2.05) is 109 Å². The molecule has 206 valence electrons. The first-order chi connectivity index (χ1) is 20.0. The Kier molecular flexibility index (Phi) is 8.92. The van der Waals surface area contributed by atoms with Crippen molar-refractivity contribution in [3.63, 3.8) is 0 Å². The lowest BCUT2D eigenvalue weighted by Crippen LogP contribution is -2.39. The fourth-order valence-electron chi connectivity index (χ4n) is 4.60. The first-order valence-electron chi connectivity index (χ1n) is 13.7. The number of unbranched alkanes of at least 4 members (excludes halogenated alkanes) is 1. The number of benzene rings is 4. The third-order valence-electron chi connectivity index (χ3n) is 6.77. The van der Waals surface area contributed by atoms with Gasteiger partial charge in [0.2, 0.25) is 5.91 Å². The van der Waals surface area contributed by atoms with Crippen LogP contribution in [0.1, 0.15) is 30.1 Å². The van der Waals surface area contributed by atoms with Crippen molar-refractivity contribution in [2.24, 2.45) is 0 Å². The van der Waals surface area contributed by atoms with E-state index in [2.05, 4.69) is 12.2 Å². The number of amides is 2. The van der Waals surface area contributed by atoms with Gasteiger partial charge in [0.25, 0.3) is 5.91 Å². The van der Waals surface area contributed by atoms with Crippen molar-refractivity contribution in [3.05, 3.63) is 126 Å². The Bertz CT molecular complexity index is 1620. The van der Waals surface area contributed by atoms with Crippen LogP contribution in [0.15, 0.2) is 115 Å². The molecule has 0 spiro atoms. The zero-order chi connectivity index (χ0) is 28.6. The van der Waals surface area contributed by atoms with Crippen LogP contribution < -0.4 is 5.32 Å². The maximum atomic E-state index is 13.5. The van der Waals surface area contributed by atoms with E-state index in [-0.39, 0.29) is 18.4 Å².